The van der Waals surface area contributed by atoms with Crippen molar-refractivity contribution in [1.29, 1.82) is 0 Å². The minimum absolute atomic E-state index is 0.0170. The molecule has 10 heterocycles. The Kier molecular flexibility index (Phi) is 33.0. The first-order valence-corrected chi connectivity index (χ1v) is 40.6. The van der Waals surface area contributed by atoms with Crippen LogP contribution in [0.4, 0.5) is 83.2 Å². The molecule has 120 heavy (non-hydrogen) atoms. The maximum absolute atomic E-state index is 13.7. The zero-order valence-corrected chi connectivity index (χ0v) is 71.9. The summed E-state index contributed by atoms with van der Waals surface area (Å²) in [4.78, 5) is 130. The molecule has 650 valence electrons. The molecule has 6 amide bonds. The highest BCUT2D eigenvalue weighted by Gasteiger charge is 2.42. The lowest BCUT2D eigenvalue weighted by atomic mass is 9.97. The van der Waals surface area contributed by atoms with Crippen LogP contribution in [0.1, 0.15) is 150 Å². The fourth-order valence-corrected chi connectivity index (χ4v) is 14.1. The van der Waals surface area contributed by atoms with Crippen molar-refractivity contribution in [3.8, 4) is 0 Å². The number of fused-ring (bicyclic) bond motifs is 2. The lowest BCUT2D eigenvalue weighted by molar-refractivity contribution is -0.141. The quantitative estimate of drug-likeness (QED) is 0.0407. The number of amides is 6. The first kappa shape index (κ1) is 95.1. The van der Waals surface area contributed by atoms with Gasteiger partial charge in [-0.2, -0.15) is 39.5 Å². The smallest absolute Gasteiger partial charge is 0.435 e. The molecular formula is C81H99Br2F9N18O10. The summed E-state index contributed by atoms with van der Waals surface area (Å²) in [6, 6.07) is 23.3. The summed E-state index contributed by atoms with van der Waals surface area (Å²) in [5.74, 6) is -2.00. The van der Waals surface area contributed by atoms with Crippen LogP contribution >= 0.6 is 31.9 Å². The molecule has 0 atom stereocenters. The van der Waals surface area contributed by atoms with Crippen LogP contribution in [0, 0.1) is 0 Å². The minimum atomic E-state index is -4.71. The average molecular weight is 1820 g/mol. The number of carbonyl (C=O) groups excluding carboxylic acids is 8. The second-order valence-electron chi connectivity index (χ2n) is 30.0. The van der Waals surface area contributed by atoms with Gasteiger partial charge in [0, 0.05) is 158 Å². The van der Waals surface area contributed by atoms with E-state index in [1.165, 1.54) is 72.9 Å². The Labute approximate surface area is 706 Å². The SMILES string of the molecule is CCC1=Nc2ccc(CBr)cc2CC1=O.CCC1=Nc2ccc(CN3CCN(c4ccc(C(=O)NC)nc4C(F)(F)F)CC3)cc2CC1=O.CNC(=O)c1ccc(N2CCN(C(=O)OC(C)(C)C)CC2)c(Br)n1.CNC(=O)c1ccc(N2CCN(C(=O)OC(C)(C)C)CC2)c(C(F)(F)F)n1.CNC(=O)c1ccc(N2CCNCC2)c(C(F)(F)F)n1. The van der Waals surface area contributed by atoms with Gasteiger partial charge in [-0.25, -0.2) is 39.5 Å². The second-order valence-corrected chi connectivity index (χ2v) is 31.3. The standard InChI is InChI=1S/C24H26F3N5O2.C17H23F3N4O3.C16H23BrN4O3.C12H12BrNO.C12H15F3N4O/c1-3-17-21(33)13-16-12-15(4-5-18(16)29-17)14-31-8-10-32(11-9-31)20-7-6-19(23(34)28-2)30-22(20)24(25,26)27;1-16(2,3)27-15(26)24-9-7-23(8-10-24)12-6-5-11(14(25)21-4)22-13(12)17(18,19)20;1-16(2,3)24-15(23)21-9-7-20(8-10-21)12-6-5-11(14(22)18-4)19-13(12)17;1-2-10-12(15)6-9-5-8(7-13)3-4-11(9)14-10;1-16-11(20)8-2-3-9(10(18-8)12(13,14)15)19-6-4-17-5-7-19/h4-7,12H,3,8-11,13-14H2,1-2H3,(H,28,34);5-6H,7-10H2,1-4H3,(H,21,25);5-6H,7-10H2,1-4H3,(H,18,22);3-5H,2,6-7H2,1H3;2-3,17H,4-7H2,1H3,(H,16,20). The number of ether oxygens (including phenoxy) is 2. The number of aromatic nitrogens is 4. The number of hydrogen-bond acceptors (Lipinski definition) is 22. The van der Waals surface area contributed by atoms with Crippen molar-refractivity contribution in [2.24, 2.45) is 9.98 Å². The number of ketones is 2. The van der Waals surface area contributed by atoms with E-state index in [4.69, 9.17) is 9.47 Å². The zero-order chi connectivity index (χ0) is 88.4. The maximum atomic E-state index is 13.7. The maximum Gasteiger partial charge on any atom is 0.435 e. The third-order valence-electron chi connectivity index (χ3n) is 19.2. The summed E-state index contributed by atoms with van der Waals surface area (Å²) in [5.41, 5.74) is 3.34. The van der Waals surface area contributed by atoms with Gasteiger partial charge in [-0.05, 0) is 153 Å². The van der Waals surface area contributed by atoms with Crippen molar-refractivity contribution in [2.45, 2.75) is 123 Å². The molecule has 6 aliphatic rings. The first-order valence-electron chi connectivity index (χ1n) is 38.7. The highest BCUT2D eigenvalue weighted by atomic mass is 79.9. The molecule has 6 aliphatic heterocycles. The highest BCUT2D eigenvalue weighted by molar-refractivity contribution is 9.10. The molecule has 4 aromatic heterocycles. The van der Waals surface area contributed by atoms with Crippen LogP contribution in [0.2, 0.25) is 0 Å². The number of anilines is 4. The topological polar surface area (TPSA) is 314 Å². The molecule has 12 rings (SSSR count). The van der Waals surface area contributed by atoms with Gasteiger partial charge < -0.3 is 65.5 Å². The zero-order valence-electron chi connectivity index (χ0n) is 68.7. The molecule has 0 radical (unpaired) electrons. The Hall–Kier alpha value is -10.4. The summed E-state index contributed by atoms with van der Waals surface area (Å²) < 4.78 is 132. The Morgan fingerprint density at radius 3 is 1.07 bits per heavy atom. The summed E-state index contributed by atoms with van der Waals surface area (Å²) in [6.07, 6.45) is -12.6. The van der Waals surface area contributed by atoms with E-state index in [1.54, 1.807) is 48.6 Å². The fraction of sp³-hybridized carbons (Fsp3) is 0.481. The van der Waals surface area contributed by atoms with Gasteiger partial charge in [0.15, 0.2) is 28.6 Å². The van der Waals surface area contributed by atoms with Crippen LogP contribution in [0.5, 0.6) is 0 Å². The van der Waals surface area contributed by atoms with E-state index >= 15 is 0 Å². The predicted octanol–water partition coefficient (Wildman–Crippen LogP) is 12.2. The monoisotopic (exact) mass is 1810 g/mol. The first-order chi connectivity index (χ1) is 56.5. The molecule has 0 saturated carbocycles. The normalized spacial score (nSPS) is 15.8. The molecule has 39 heteroatoms. The number of alkyl halides is 10. The fourth-order valence-electron chi connectivity index (χ4n) is 13.1. The van der Waals surface area contributed by atoms with E-state index in [0.717, 1.165) is 45.5 Å². The van der Waals surface area contributed by atoms with Gasteiger partial charge in [-0.3, -0.25) is 33.7 Å². The summed E-state index contributed by atoms with van der Waals surface area (Å²) >= 11 is 6.83. The number of carbonyl (C=O) groups is 8. The summed E-state index contributed by atoms with van der Waals surface area (Å²) in [5, 5.41) is 13.3. The lowest BCUT2D eigenvalue weighted by Gasteiger charge is -2.37. The second kappa shape index (κ2) is 41.7. The Morgan fingerprint density at radius 1 is 0.433 bits per heavy atom. The van der Waals surface area contributed by atoms with Crippen molar-refractivity contribution < 1.29 is 87.3 Å². The number of halogens is 11. The number of pyridine rings is 4. The number of hydrogen-bond donors (Lipinski definition) is 5. The van der Waals surface area contributed by atoms with Gasteiger partial charge in [0.05, 0.1) is 45.5 Å². The molecule has 28 nitrogen and oxygen atoms in total. The van der Waals surface area contributed by atoms with Crippen molar-refractivity contribution in [3.63, 3.8) is 0 Å². The van der Waals surface area contributed by atoms with Crippen molar-refractivity contribution >= 4 is 125 Å². The number of piperazine rings is 4. The van der Waals surface area contributed by atoms with Crippen molar-refractivity contribution in [1.82, 2.24) is 61.2 Å². The van der Waals surface area contributed by atoms with Crippen LogP contribution in [-0.2, 0) is 62.3 Å². The largest absolute Gasteiger partial charge is 0.444 e. The van der Waals surface area contributed by atoms with E-state index in [9.17, 15) is 77.9 Å². The number of benzene rings is 2. The van der Waals surface area contributed by atoms with Crippen LogP contribution in [0.15, 0.2) is 99.5 Å². The highest BCUT2D eigenvalue weighted by Crippen LogP contribution is 2.40. The lowest BCUT2D eigenvalue weighted by Crippen LogP contribution is -2.50. The van der Waals surface area contributed by atoms with Crippen LogP contribution in [0.25, 0.3) is 0 Å². The predicted molar refractivity (Wildman–Crippen MR) is 444 cm³/mol. The Morgan fingerprint density at radius 2 is 0.750 bits per heavy atom. The van der Waals surface area contributed by atoms with Gasteiger partial charge in [0.25, 0.3) is 23.6 Å². The van der Waals surface area contributed by atoms with Crippen LogP contribution < -0.4 is 46.2 Å². The summed E-state index contributed by atoms with van der Waals surface area (Å²) in [6.45, 7) is 22.8. The molecule has 4 saturated heterocycles. The van der Waals surface area contributed by atoms with Gasteiger partial charge in [-0.1, -0.05) is 54.0 Å². The van der Waals surface area contributed by atoms with E-state index in [1.807, 2.05) is 71.0 Å². The molecule has 0 bridgehead atoms. The van der Waals surface area contributed by atoms with E-state index < -0.39 is 70.6 Å². The van der Waals surface area contributed by atoms with Crippen LogP contribution in [0.3, 0.4) is 0 Å². The molecule has 0 unspecified atom stereocenters. The van der Waals surface area contributed by atoms with Gasteiger partial charge >= 0.3 is 30.7 Å². The Balaban J connectivity index is 0.000000191. The number of nitrogens with zero attached hydrogens (tertiary/aromatic N) is 13. The number of nitrogens with one attached hydrogen (secondary N) is 5. The molecule has 5 N–H and O–H groups in total. The molecule has 6 aromatic rings. The van der Waals surface area contributed by atoms with Crippen molar-refractivity contribution in [2.75, 3.05) is 153 Å². The molecule has 2 aromatic carbocycles. The van der Waals surface area contributed by atoms with Gasteiger partial charge in [0.1, 0.15) is 38.6 Å². The van der Waals surface area contributed by atoms with Gasteiger partial charge in [-0.15, -0.1) is 0 Å². The number of rotatable bonds is 13. The van der Waals surface area contributed by atoms with Crippen LogP contribution in [-0.4, -0.2) is 238 Å². The van der Waals surface area contributed by atoms with Gasteiger partial charge in [0.2, 0.25) is 0 Å². The average Bonchev–Trinajstić information content (AvgIpc) is 0.795. The van der Waals surface area contributed by atoms with Crippen molar-refractivity contribution in [3.05, 3.63) is 152 Å². The van der Waals surface area contributed by atoms with E-state index in [2.05, 4.69) is 104 Å². The minimum Gasteiger partial charge on any atom is -0.444 e. The third kappa shape index (κ3) is 26.3. The third-order valence-corrected chi connectivity index (χ3v) is 20.4. The number of aliphatic imine (C=N–C) groups is 2. The van der Waals surface area contributed by atoms with E-state index in [-0.39, 0.29) is 83.9 Å². The molecule has 4 fully saturated rings. The molecule has 0 aliphatic carbocycles. The Bertz CT molecular complexity index is 4740. The van der Waals surface area contributed by atoms with E-state index in [0.29, 0.717) is 126 Å². The number of Topliss-reactive ketones (excluding diaryl/α,β-unsaturated/α-hetero) is 2. The molecule has 0 spiro atoms. The summed E-state index contributed by atoms with van der Waals surface area (Å²) in [7, 11) is 5.59. The molecular weight excluding hydrogens is 1720 g/mol.